The van der Waals surface area contributed by atoms with Gasteiger partial charge in [0, 0.05) is 11.8 Å². The molecule has 2 heterocycles. The molecular formula is C18H18N2O6. The van der Waals surface area contributed by atoms with Gasteiger partial charge in [-0.15, -0.1) is 0 Å². The number of carbonyl (C=O) groups excluding carboxylic acids is 3. The number of nitrogens with one attached hydrogen (secondary N) is 2. The molecule has 1 amide bonds. The van der Waals surface area contributed by atoms with Crippen molar-refractivity contribution in [2.75, 3.05) is 13.4 Å². The lowest BCUT2D eigenvalue weighted by Gasteiger charge is -2.14. The van der Waals surface area contributed by atoms with Crippen LogP contribution in [0.3, 0.4) is 0 Å². The predicted molar refractivity (Wildman–Crippen MR) is 90.2 cm³/mol. The van der Waals surface area contributed by atoms with Crippen molar-refractivity contribution in [3.63, 3.8) is 0 Å². The zero-order chi connectivity index (χ0) is 18.7. The van der Waals surface area contributed by atoms with Crippen molar-refractivity contribution in [2.45, 2.75) is 19.9 Å². The van der Waals surface area contributed by atoms with E-state index in [2.05, 4.69) is 10.3 Å². The van der Waals surface area contributed by atoms with Gasteiger partial charge in [0.15, 0.2) is 23.9 Å². The van der Waals surface area contributed by atoms with E-state index >= 15 is 0 Å². The quantitative estimate of drug-likeness (QED) is 0.604. The standard InChI is InChI=1S/C18H18N2O6/c1-10(12-3-4-15-16(6-12)26-9-25-15)20-17(22)8-24-18(23)14-5-13(7-19-14)11(2)21/h3-7,10,19H,8-9H2,1-2H3,(H,20,22)/t10-/m1/s1. The fraction of sp³-hybridized carbons (Fsp3) is 0.278. The molecule has 1 aromatic heterocycles. The maximum Gasteiger partial charge on any atom is 0.355 e. The number of hydrogen-bond acceptors (Lipinski definition) is 6. The van der Waals surface area contributed by atoms with E-state index in [0.29, 0.717) is 17.1 Å². The van der Waals surface area contributed by atoms with Crippen LogP contribution < -0.4 is 14.8 Å². The van der Waals surface area contributed by atoms with Crippen molar-refractivity contribution in [3.8, 4) is 11.5 Å². The molecule has 2 aromatic rings. The molecule has 2 N–H and O–H groups in total. The van der Waals surface area contributed by atoms with Crippen LogP contribution in [0.4, 0.5) is 0 Å². The molecule has 0 aliphatic carbocycles. The van der Waals surface area contributed by atoms with Crippen LogP contribution in [0.2, 0.25) is 0 Å². The first-order chi connectivity index (χ1) is 12.4. The minimum atomic E-state index is -0.705. The van der Waals surface area contributed by atoms with Crippen LogP contribution >= 0.6 is 0 Å². The van der Waals surface area contributed by atoms with Crippen LogP contribution in [0.5, 0.6) is 11.5 Å². The molecule has 1 aliphatic heterocycles. The van der Waals surface area contributed by atoms with Crippen LogP contribution in [0, 0.1) is 0 Å². The first-order valence-corrected chi connectivity index (χ1v) is 7.99. The second-order valence-electron chi connectivity index (χ2n) is 5.84. The molecule has 0 saturated heterocycles. The van der Waals surface area contributed by atoms with Gasteiger partial charge in [-0.2, -0.15) is 0 Å². The lowest BCUT2D eigenvalue weighted by Crippen LogP contribution is -2.31. The summed E-state index contributed by atoms with van der Waals surface area (Å²) in [7, 11) is 0. The molecule has 0 radical (unpaired) electrons. The smallest absolute Gasteiger partial charge is 0.355 e. The molecule has 1 aliphatic rings. The van der Waals surface area contributed by atoms with Gasteiger partial charge in [0.2, 0.25) is 6.79 Å². The van der Waals surface area contributed by atoms with Gasteiger partial charge in [0.1, 0.15) is 5.69 Å². The highest BCUT2D eigenvalue weighted by atomic mass is 16.7. The summed E-state index contributed by atoms with van der Waals surface area (Å²) in [6.07, 6.45) is 1.42. The number of amides is 1. The SMILES string of the molecule is CC(=O)c1c[nH]c(C(=O)OCC(=O)N[C@H](C)c2ccc3c(c2)OCO3)c1. The molecule has 1 aromatic carbocycles. The lowest BCUT2D eigenvalue weighted by molar-refractivity contribution is -0.124. The zero-order valence-electron chi connectivity index (χ0n) is 14.3. The van der Waals surface area contributed by atoms with Crippen LogP contribution in [-0.4, -0.2) is 36.0 Å². The molecule has 0 fully saturated rings. The first-order valence-electron chi connectivity index (χ1n) is 7.99. The van der Waals surface area contributed by atoms with Crippen molar-refractivity contribution in [1.29, 1.82) is 0 Å². The number of Topliss-reactive ketones (excluding diaryl/α,β-unsaturated/α-hetero) is 1. The molecule has 8 nitrogen and oxygen atoms in total. The van der Waals surface area contributed by atoms with Gasteiger partial charge in [0.25, 0.3) is 5.91 Å². The van der Waals surface area contributed by atoms with Crippen molar-refractivity contribution in [1.82, 2.24) is 10.3 Å². The fourth-order valence-electron chi connectivity index (χ4n) is 2.47. The van der Waals surface area contributed by atoms with Crippen molar-refractivity contribution < 1.29 is 28.6 Å². The Kier molecular flexibility index (Phi) is 4.92. The number of rotatable bonds is 6. The maximum atomic E-state index is 12.0. The van der Waals surface area contributed by atoms with Crippen LogP contribution in [0.1, 0.15) is 46.3 Å². The molecule has 3 rings (SSSR count). The first kappa shape index (κ1) is 17.5. The van der Waals surface area contributed by atoms with E-state index in [1.807, 2.05) is 6.07 Å². The Morgan fingerprint density at radius 3 is 2.73 bits per heavy atom. The van der Waals surface area contributed by atoms with E-state index < -0.39 is 18.5 Å². The monoisotopic (exact) mass is 358 g/mol. The number of ether oxygens (including phenoxy) is 3. The molecule has 136 valence electrons. The Bertz CT molecular complexity index is 857. The Balaban J connectivity index is 1.51. The van der Waals surface area contributed by atoms with Crippen LogP contribution in [0.15, 0.2) is 30.5 Å². The summed E-state index contributed by atoms with van der Waals surface area (Å²) < 4.78 is 15.5. The highest BCUT2D eigenvalue weighted by Crippen LogP contribution is 2.34. The zero-order valence-corrected chi connectivity index (χ0v) is 14.3. The lowest BCUT2D eigenvalue weighted by atomic mass is 10.1. The van der Waals surface area contributed by atoms with Gasteiger partial charge < -0.3 is 24.5 Å². The Labute approximate surface area is 149 Å². The van der Waals surface area contributed by atoms with Gasteiger partial charge in [0.05, 0.1) is 6.04 Å². The second-order valence-corrected chi connectivity index (χ2v) is 5.84. The predicted octanol–water partition coefficient (Wildman–Crippen LogP) is 1.98. The number of fused-ring (bicyclic) bond motifs is 1. The summed E-state index contributed by atoms with van der Waals surface area (Å²) in [6, 6.07) is 6.48. The highest BCUT2D eigenvalue weighted by Gasteiger charge is 2.18. The normalized spacial score (nSPS) is 13.2. The van der Waals surface area contributed by atoms with Gasteiger partial charge in [-0.05, 0) is 37.6 Å². The van der Waals surface area contributed by atoms with Gasteiger partial charge >= 0.3 is 5.97 Å². The van der Waals surface area contributed by atoms with Crippen molar-refractivity contribution >= 4 is 17.7 Å². The van der Waals surface area contributed by atoms with Crippen LogP contribution in [-0.2, 0) is 9.53 Å². The van der Waals surface area contributed by atoms with E-state index in [1.54, 1.807) is 19.1 Å². The molecule has 8 heteroatoms. The number of aromatic amines is 1. The summed E-state index contributed by atoms with van der Waals surface area (Å²) in [5, 5.41) is 2.74. The number of hydrogen-bond donors (Lipinski definition) is 2. The molecule has 0 bridgehead atoms. The maximum absolute atomic E-state index is 12.0. The molecule has 0 unspecified atom stereocenters. The number of esters is 1. The van der Waals surface area contributed by atoms with Gasteiger partial charge in [-0.25, -0.2) is 4.79 Å². The van der Waals surface area contributed by atoms with Gasteiger partial charge in [-0.1, -0.05) is 6.07 Å². The molecule has 1 atom stereocenters. The van der Waals surface area contributed by atoms with Crippen molar-refractivity contribution in [3.05, 3.63) is 47.3 Å². The van der Waals surface area contributed by atoms with E-state index in [0.717, 1.165) is 5.56 Å². The number of carbonyl (C=O) groups is 3. The number of aromatic nitrogens is 1. The van der Waals surface area contributed by atoms with E-state index in [9.17, 15) is 14.4 Å². The van der Waals surface area contributed by atoms with Gasteiger partial charge in [-0.3, -0.25) is 9.59 Å². The largest absolute Gasteiger partial charge is 0.454 e. The average molecular weight is 358 g/mol. The summed E-state index contributed by atoms with van der Waals surface area (Å²) in [5.74, 6) is -0.0269. The number of benzene rings is 1. The second kappa shape index (κ2) is 7.30. The molecular weight excluding hydrogens is 340 g/mol. The van der Waals surface area contributed by atoms with E-state index in [1.165, 1.54) is 19.2 Å². The summed E-state index contributed by atoms with van der Waals surface area (Å²) >= 11 is 0. The third-order valence-electron chi connectivity index (χ3n) is 3.92. The topological polar surface area (TPSA) is 107 Å². The highest BCUT2D eigenvalue weighted by molar-refractivity contribution is 5.97. The molecule has 0 saturated carbocycles. The van der Waals surface area contributed by atoms with Crippen molar-refractivity contribution in [2.24, 2.45) is 0 Å². The van der Waals surface area contributed by atoms with Crippen LogP contribution in [0.25, 0.3) is 0 Å². The fourth-order valence-corrected chi connectivity index (χ4v) is 2.47. The van der Waals surface area contributed by atoms with E-state index in [-0.39, 0.29) is 24.3 Å². The average Bonchev–Trinajstić information content (AvgIpc) is 3.28. The van der Waals surface area contributed by atoms with E-state index in [4.69, 9.17) is 14.2 Å². The Hall–Kier alpha value is -3.29. The summed E-state index contributed by atoms with van der Waals surface area (Å²) in [5.41, 5.74) is 1.33. The Morgan fingerprint density at radius 2 is 2.00 bits per heavy atom. The minimum Gasteiger partial charge on any atom is -0.454 e. The third kappa shape index (κ3) is 3.85. The Morgan fingerprint density at radius 1 is 1.23 bits per heavy atom. The number of H-pyrrole nitrogens is 1. The number of ketones is 1. The minimum absolute atomic E-state index is 0.117. The summed E-state index contributed by atoms with van der Waals surface area (Å²) in [4.78, 5) is 37.8. The third-order valence-corrected chi connectivity index (χ3v) is 3.92. The molecule has 0 spiro atoms. The molecule has 26 heavy (non-hydrogen) atoms. The summed E-state index contributed by atoms with van der Waals surface area (Å²) in [6.45, 7) is 2.95.